The third-order valence-electron chi connectivity index (χ3n) is 1.05. The molecule has 0 amide bonds. The van der Waals surface area contributed by atoms with Crippen LogP contribution >= 0.6 is 0 Å². The van der Waals surface area contributed by atoms with Crippen LogP contribution in [0.2, 0.25) is 0 Å². The highest BCUT2D eigenvalue weighted by atomic mass is 16.5. The van der Waals surface area contributed by atoms with Gasteiger partial charge < -0.3 is 14.9 Å². The second-order valence-electron chi connectivity index (χ2n) is 2.78. The predicted octanol–water partition coefficient (Wildman–Crippen LogP) is 2.27. The minimum atomic E-state index is -0.833. The van der Waals surface area contributed by atoms with Crippen molar-refractivity contribution >= 4 is 11.9 Å². The highest BCUT2D eigenvalue weighted by molar-refractivity contribution is 5.63. The molecular formula is C12H18O5. The molecule has 1 rings (SSSR count). The van der Waals surface area contributed by atoms with E-state index in [-0.39, 0.29) is 0 Å². The van der Waals surface area contributed by atoms with Gasteiger partial charge in [-0.3, -0.25) is 9.59 Å². The molecule has 0 spiro atoms. The maximum Gasteiger partial charge on any atom is 0.300 e. The van der Waals surface area contributed by atoms with Crippen molar-refractivity contribution in [1.29, 1.82) is 0 Å². The molecule has 1 aromatic carbocycles. The maximum atomic E-state index is 9.00. The summed E-state index contributed by atoms with van der Waals surface area (Å²) in [7, 11) is 0. The fourth-order valence-electron chi connectivity index (χ4n) is 0.683. The van der Waals surface area contributed by atoms with E-state index in [1.165, 1.54) is 0 Å². The largest absolute Gasteiger partial charge is 0.494 e. The zero-order valence-electron chi connectivity index (χ0n) is 10.2. The van der Waals surface area contributed by atoms with Gasteiger partial charge in [0.2, 0.25) is 0 Å². The van der Waals surface area contributed by atoms with Gasteiger partial charge in [0, 0.05) is 13.8 Å². The monoisotopic (exact) mass is 242 g/mol. The molecular weight excluding hydrogens is 224 g/mol. The van der Waals surface area contributed by atoms with Gasteiger partial charge in [0.15, 0.2) is 0 Å². The predicted molar refractivity (Wildman–Crippen MR) is 64.2 cm³/mol. The molecule has 17 heavy (non-hydrogen) atoms. The molecule has 0 saturated carbocycles. The van der Waals surface area contributed by atoms with E-state index in [4.69, 9.17) is 24.5 Å². The molecule has 0 heterocycles. The van der Waals surface area contributed by atoms with Gasteiger partial charge in [-0.25, -0.2) is 0 Å². The van der Waals surface area contributed by atoms with Crippen molar-refractivity contribution in [2.75, 3.05) is 6.61 Å². The summed E-state index contributed by atoms with van der Waals surface area (Å²) >= 11 is 0. The van der Waals surface area contributed by atoms with Gasteiger partial charge in [0.1, 0.15) is 5.75 Å². The van der Waals surface area contributed by atoms with Gasteiger partial charge in [-0.1, -0.05) is 18.2 Å². The SMILES string of the molecule is CC(=O)O.CC(=O)O.CCOc1ccccc1. The number of aliphatic carboxylic acids is 2. The van der Waals surface area contributed by atoms with Crippen LogP contribution in [-0.2, 0) is 9.59 Å². The number of hydrogen-bond acceptors (Lipinski definition) is 3. The van der Waals surface area contributed by atoms with Gasteiger partial charge in [0.25, 0.3) is 11.9 Å². The first-order valence-corrected chi connectivity index (χ1v) is 4.97. The maximum absolute atomic E-state index is 9.00. The topological polar surface area (TPSA) is 83.8 Å². The van der Waals surface area contributed by atoms with E-state index in [9.17, 15) is 0 Å². The van der Waals surface area contributed by atoms with E-state index in [0.29, 0.717) is 0 Å². The number of carboxylic acid groups (broad SMARTS) is 2. The van der Waals surface area contributed by atoms with Crippen LogP contribution in [0.1, 0.15) is 20.8 Å². The summed E-state index contributed by atoms with van der Waals surface area (Å²) in [6.45, 7) is 4.89. The van der Waals surface area contributed by atoms with Gasteiger partial charge in [0.05, 0.1) is 6.61 Å². The molecule has 5 heteroatoms. The third kappa shape index (κ3) is 24.9. The fraction of sp³-hybridized carbons (Fsp3) is 0.333. The first-order chi connectivity index (χ1) is 7.90. The van der Waals surface area contributed by atoms with Crippen LogP contribution in [0.5, 0.6) is 5.75 Å². The van der Waals surface area contributed by atoms with E-state index in [1.54, 1.807) is 0 Å². The van der Waals surface area contributed by atoms with Gasteiger partial charge >= 0.3 is 0 Å². The minimum Gasteiger partial charge on any atom is -0.494 e. The first kappa shape index (κ1) is 17.4. The summed E-state index contributed by atoms with van der Waals surface area (Å²) in [4.78, 5) is 18.0. The van der Waals surface area contributed by atoms with Crippen molar-refractivity contribution in [3.8, 4) is 5.75 Å². The summed E-state index contributed by atoms with van der Waals surface area (Å²) in [6.07, 6.45) is 0. The quantitative estimate of drug-likeness (QED) is 0.831. The minimum absolute atomic E-state index is 0.740. The van der Waals surface area contributed by atoms with Gasteiger partial charge in [-0.15, -0.1) is 0 Å². The lowest BCUT2D eigenvalue weighted by Gasteiger charge is -1.99. The third-order valence-corrected chi connectivity index (χ3v) is 1.05. The summed E-state index contributed by atoms with van der Waals surface area (Å²) in [6, 6.07) is 9.80. The van der Waals surface area contributed by atoms with E-state index < -0.39 is 11.9 Å². The van der Waals surface area contributed by atoms with E-state index in [0.717, 1.165) is 26.2 Å². The van der Waals surface area contributed by atoms with Crippen molar-refractivity contribution in [3.63, 3.8) is 0 Å². The zero-order valence-corrected chi connectivity index (χ0v) is 10.2. The average Bonchev–Trinajstić information content (AvgIpc) is 2.18. The van der Waals surface area contributed by atoms with E-state index in [2.05, 4.69) is 0 Å². The summed E-state index contributed by atoms with van der Waals surface area (Å²) in [5, 5.41) is 14.8. The smallest absolute Gasteiger partial charge is 0.300 e. The Morgan fingerprint density at radius 1 is 1.06 bits per heavy atom. The molecule has 0 aromatic heterocycles. The Hall–Kier alpha value is -2.04. The molecule has 0 radical (unpaired) electrons. The van der Waals surface area contributed by atoms with Gasteiger partial charge in [-0.2, -0.15) is 0 Å². The van der Waals surface area contributed by atoms with Crippen molar-refractivity contribution in [2.45, 2.75) is 20.8 Å². The molecule has 5 nitrogen and oxygen atoms in total. The standard InChI is InChI=1S/C8H10O.2C2H4O2/c1-2-9-8-6-4-3-5-7-8;2*1-2(3)4/h3-7H,2H2,1H3;2*1H3,(H,3,4). The Kier molecular flexibility index (Phi) is 12.3. The van der Waals surface area contributed by atoms with E-state index >= 15 is 0 Å². The van der Waals surface area contributed by atoms with Crippen LogP contribution in [-0.4, -0.2) is 28.8 Å². The number of ether oxygens (including phenoxy) is 1. The normalized spacial score (nSPS) is 7.71. The molecule has 0 aliphatic rings. The highest BCUT2D eigenvalue weighted by Crippen LogP contribution is 2.06. The lowest BCUT2D eigenvalue weighted by Crippen LogP contribution is -1.89. The Morgan fingerprint density at radius 3 is 1.71 bits per heavy atom. The van der Waals surface area contributed by atoms with Crippen LogP contribution in [0.25, 0.3) is 0 Å². The second kappa shape index (κ2) is 12.0. The summed E-state index contributed by atoms with van der Waals surface area (Å²) < 4.78 is 5.21. The summed E-state index contributed by atoms with van der Waals surface area (Å²) in [5.41, 5.74) is 0. The van der Waals surface area contributed by atoms with Crippen LogP contribution in [0.15, 0.2) is 30.3 Å². The molecule has 1 aromatic rings. The molecule has 0 bridgehead atoms. The molecule has 0 aliphatic carbocycles. The molecule has 96 valence electrons. The molecule has 0 fully saturated rings. The molecule has 0 aliphatic heterocycles. The lowest BCUT2D eigenvalue weighted by atomic mass is 10.3. The Morgan fingerprint density at radius 2 is 1.41 bits per heavy atom. The van der Waals surface area contributed by atoms with Crippen molar-refractivity contribution < 1.29 is 24.5 Å². The van der Waals surface area contributed by atoms with Crippen LogP contribution in [0, 0.1) is 0 Å². The number of rotatable bonds is 2. The number of benzene rings is 1. The molecule has 0 atom stereocenters. The number of para-hydroxylation sites is 1. The zero-order chi connectivity index (χ0) is 13.7. The molecule has 2 N–H and O–H groups in total. The average molecular weight is 242 g/mol. The van der Waals surface area contributed by atoms with Crippen molar-refractivity contribution in [2.24, 2.45) is 0 Å². The molecule has 0 saturated heterocycles. The Labute approximate surface area is 101 Å². The van der Waals surface area contributed by atoms with E-state index in [1.807, 2.05) is 37.3 Å². The fourth-order valence-corrected chi connectivity index (χ4v) is 0.683. The van der Waals surface area contributed by atoms with Gasteiger partial charge in [-0.05, 0) is 19.1 Å². The van der Waals surface area contributed by atoms with Crippen LogP contribution in [0.4, 0.5) is 0 Å². The number of hydrogen-bond donors (Lipinski definition) is 2. The van der Waals surface area contributed by atoms with Crippen molar-refractivity contribution in [3.05, 3.63) is 30.3 Å². The number of carbonyl (C=O) groups is 2. The Balaban J connectivity index is 0. The van der Waals surface area contributed by atoms with Crippen LogP contribution < -0.4 is 4.74 Å². The molecule has 0 unspecified atom stereocenters. The highest BCUT2D eigenvalue weighted by Gasteiger charge is 1.83. The first-order valence-electron chi connectivity index (χ1n) is 4.97. The number of carboxylic acids is 2. The summed E-state index contributed by atoms with van der Waals surface area (Å²) in [5.74, 6) is -0.722. The van der Waals surface area contributed by atoms with Crippen molar-refractivity contribution in [1.82, 2.24) is 0 Å². The second-order valence-corrected chi connectivity index (χ2v) is 2.78. The van der Waals surface area contributed by atoms with Crippen LogP contribution in [0.3, 0.4) is 0 Å². The lowest BCUT2D eigenvalue weighted by molar-refractivity contribution is -0.135. The Bertz CT molecular complexity index is 288.